The van der Waals surface area contributed by atoms with Gasteiger partial charge < -0.3 is 0 Å². The molecule has 4 nitrogen and oxygen atoms in total. The lowest BCUT2D eigenvalue weighted by Crippen LogP contribution is -1.92. The van der Waals surface area contributed by atoms with Gasteiger partial charge in [0.1, 0.15) is 0 Å². The van der Waals surface area contributed by atoms with Gasteiger partial charge in [-0.1, -0.05) is 0 Å². The first-order valence-electron chi connectivity index (χ1n) is 2.64. The van der Waals surface area contributed by atoms with Gasteiger partial charge in [-0.05, 0) is 6.92 Å². The van der Waals surface area contributed by atoms with E-state index in [4.69, 9.17) is 0 Å². The van der Waals surface area contributed by atoms with Gasteiger partial charge in [0.2, 0.25) is 0 Å². The monoisotopic (exact) mass is 158 g/mol. The first kappa shape index (κ1) is 7.14. The smallest absolute Gasteiger partial charge is 0.187 e. The Morgan fingerprint density at radius 3 is 2.30 bits per heavy atom. The van der Waals surface area contributed by atoms with E-state index in [1.54, 1.807) is 6.92 Å². The molecule has 54 valence electrons. The number of nitrogens with zero attached hydrogens (tertiary/aromatic N) is 2. The van der Waals surface area contributed by atoms with Crippen molar-refractivity contribution in [1.82, 2.24) is 9.97 Å². The largest absolute Gasteiger partial charge is 0.257 e. The maximum atomic E-state index is 10.4. The Morgan fingerprint density at radius 2 is 1.90 bits per heavy atom. The fraction of sp³-hybridized carbons (Fsp3) is 0.200. The van der Waals surface area contributed by atoms with Crippen LogP contribution in [0, 0.1) is 6.92 Å². The number of aromatic nitrogens is 2. The van der Waals surface area contributed by atoms with Gasteiger partial charge in [0.05, 0.1) is 5.69 Å². The highest BCUT2D eigenvalue weighted by atomic mass is 32.2. The van der Waals surface area contributed by atoms with E-state index >= 15 is 0 Å². The summed E-state index contributed by atoms with van der Waals surface area (Å²) in [6.45, 7) is 1.60. The van der Waals surface area contributed by atoms with E-state index in [9.17, 15) is 8.42 Å². The Balaban J connectivity index is 3.28. The second kappa shape index (κ2) is 2.74. The van der Waals surface area contributed by atoms with Crippen molar-refractivity contribution in [2.75, 3.05) is 0 Å². The van der Waals surface area contributed by atoms with Crippen molar-refractivity contribution in [1.29, 1.82) is 0 Å². The summed E-state index contributed by atoms with van der Waals surface area (Å²) in [7, 11) is -2.59. The lowest BCUT2D eigenvalue weighted by molar-refractivity contribution is 0.609. The number of aryl methyl sites for hydroxylation is 1. The Bertz CT molecular complexity index is 300. The summed E-state index contributed by atoms with van der Waals surface area (Å²) in [6, 6.07) is 0. The Kier molecular flexibility index (Phi) is 1.96. The van der Waals surface area contributed by atoms with Crippen LogP contribution < -0.4 is 0 Å². The molecule has 0 fully saturated rings. The molecule has 1 rings (SSSR count). The van der Waals surface area contributed by atoms with Crippen LogP contribution in [0.15, 0.2) is 17.4 Å². The molecule has 0 atom stereocenters. The normalized spacial score (nSPS) is 10.2. The zero-order chi connectivity index (χ0) is 7.56. The molecule has 0 aromatic carbocycles. The predicted molar refractivity (Wildman–Crippen MR) is 35.3 cm³/mol. The van der Waals surface area contributed by atoms with Crippen LogP contribution in [0.1, 0.15) is 5.69 Å². The number of hydrogen-bond donors (Lipinski definition) is 1. The summed E-state index contributed by atoms with van der Waals surface area (Å²) in [4.78, 5) is 7.37. The number of thiol groups is 1. The highest BCUT2D eigenvalue weighted by molar-refractivity contribution is 7.72. The highest BCUT2D eigenvalue weighted by Gasteiger charge is 1.99. The summed E-state index contributed by atoms with van der Waals surface area (Å²) in [6.07, 6.45) is 2.81. The highest BCUT2D eigenvalue weighted by Crippen LogP contribution is 1.98. The SMILES string of the molecule is Cc1nccnc1[SH](=O)=O. The van der Waals surface area contributed by atoms with Crippen molar-refractivity contribution in [2.24, 2.45) is 0 Å². The van der Waals surface area contributed by atoms with Gasteiger partial charge in [-0.3, -0.25) is 4.98 Å². The summed E-state index contributed by atoms with van der Waals surface area (Å²) in [5, 5.41) is 0.0532. The zero-order valence-corrected chi connectivity index (χ0v) is 6.21. The van der Waals surface area contributed by atoms with Crippen LogP contribution >= 0.6 is 0 Å². The van der Waals surface area contributed by atoms with Crippen LogP contribution in [0.5, 0.6) is 0 Å². The van der Waals surface area contributed by atoms with E-state index in [1.807, 2.05) is 0 Å². The lowest BCUT2D eigenvalue weighted by Gasteiger charge is -1.91. The molecule has 0 unspecified atom stereocenters. The average molecular weight is 158 g/mol. The third-order valence-corrected chi connectivity index (χ3v) is 1.81. The van der Waals surface area contributed by atoms with E-state index in [0.29, 0.717) is 5.69 Å². The quantitative estimate of drug-likeness (QED) is 0.573. The molecule has 0 amide bonds. The van der Waals surface area contributed by atoms with Crippen molar-refractivity contribution in [3.63, 3.8) is 0 Å². The fourth-order valence-electron chi connectivity index (χ4n) is 0.579. The van der Waals surface area contributed by atoms with E-state index in [-0.39, 0.29) is 5.03 Å². The van der Waals surface area contributed by atoms with Gasteiger partial charge in [-0.2, -0.15) is 0 Å². The minimum Gasteiger partial charge on any atom is -0.257 e. The van der Waals surface area contributed by atoms with Gasteiger partial charge >= 0.3 is 0 Å². The summed E-state index contributed by atoms with van der Waals surface area (Å²) in [5.74, 6) is 0. The Morgan fingerprint density at radius 1 is 1.30 bits per heavy atom. The van der Waals surface area contributed by atoms with Crippen molar-refractivity contribution in [2.45, 2.75) is 11.9 Å². The van der Waals surface area contributed by atoms with Crippen molar-refractivity contribution in [3.8, 4) is 0 Å². The molecule has 5 heteroatoms. The third kappa shape index (κ3) is 1.30. The molecule has 1 aromatic heterocycles. The molecule has 0 saturated carbocycles. The molecular weight excluding hydrogens is 152 g/mol. The topological polar surface area (TPSA) is 59.9 Å². The van der Waals surface area contributed by atoms with E-state index in [2.05, 4.69) is 9.97 Å². The summed E-state index contributed by atoms with van der Waals surface area (Å²) >= 11 is 0. The summed E-state index contributed by atoms with van der Waals surface area (Å²) in [5.41, 5.74) is 0.443. The fourth-order valence-corrected chi connectivity index (χ4v) is 1.06. The van der Waals surface area contributed by atoms with Crippen LogP contribution in [-0.2, 0) is 10.7 Å². The van der Waals surface area contributed by atoms with Crippen LogP contribution in [0.2, 0.25) is 0 Å². The minimum atomic E-state index is -2.59. The molecule has 0 saturated heterocycles. The van der Waals surface area contributed by atoms with Crippen LogP contribution in [0.3, 0.4) is 0 Å². The van der Waals surface area contributed by atoms with Crippen LogP contribution in [-0.4, -0.2) is 18.4 Å². The van der Waals surface area contributed by atoms with E-state index in [0.717, 1.165) is 0 Å². The first-order chi connectivity index (χ1) is 4.72. The van der Waals surface area contributed by atoms with Gasteiger partial charge in [0.15, 0.2) is 15.7 Å². The standard InChI is InChI=1S/C5H6N2O2S/c1-4-5(10(8)9)7-3-2-6-4/h2-3,10H,1H3. The van der Waals surface area contributed by atoms with Gasteiger partial charge in [0, 0.05) is 12.4 Å². The Hall–Kier alpha value is -0.970. The van der Waals surface area contributed by atoms with Gasteiger partial charge in [0.25, 0.3) is 0 Å². The second-order valence-electron chi connectivity index (χ2n) is 1.72. The van der Waals surface area contributed by atoms with E-state index in [1.165, 1.54) is 12.4 Å². The van der Waals surface area contributed by atoms with Crippen molar-refractivity contribution < 1.29 is 8.42 Å². The summed E-state index contributed by atoms with van der Waals surface area (Å²) < 4.78 is 20.7. The molecule has 0 aliphatic carbocycles. The molecule has 0 aliphatic heterocycles. The van der Waals surface area contributed by atoms with Gasteiger partial charge in [-0.15, -0.1) is 0 Å². The van der Waals surface area contributed by atoms with Crippen LogP contribution in [0.25, 0.3) is 0 Å². The number of hydrogen-bond acceptors (Lipinski definition) is 4. The van der Waals surface area contributed by atoms with Crippen molar-refractivity contribution >= 4 is 10.7 Å². The maximum absolute atomic E-state index is 10.4. The zero-order valence-electron chi connectivity index (χ0n) is 5.31. The average Bonchev–Trinajstić information content (AvgIpc) is 1.88. The molecule has 0 aliphatic rings. The van der Waals surface area contributed by atoms with Crippen LogP contribution in [0.4, 0.5) is 0 Å². The predicted octanol–water partition coefficient (Wildman–Crippen LogP) is -0.245. The molecular formula is C5H6N2O2S. The number of rotatable bonds is 1. The minimum absolute atomic E-state index is 0.0532. The van der Waals surface area contributed by atoms with Crippen molar-refractivity contribution in [3.05, 3.63) is 18.1 Å². The third-order valence-electron chi connectivity index (χ3n) is 1.03. The molecule has 0 N–H and O–H groups in total. The molecule has 10 heavy (non-hydrogen) atoms. The molecule has 0 bridgehead atoms. The second-order valence-corrected chi connectivity index (χ2v) is 2.66. The van der Waals surface area contributed by atoms with E-state index < -0.39 is 10.7 Å². The lowest BCUT2D eigenvalue weighted by atomic mass is 10.5. The first-order valence-corrected chi connectivity index (χ1v) is 3.81. The Labute approximate surface area is 59.9 Å². The molecule has 1 aromatic rings. The molecule has 0 spiro atoms. The molecule has 1 heterocycles. The molecule has 0 radical (unpaired) electrons. The maximum Gasteiger partial charge on any atom is 0.187 e. The van der Waals surface area contributed by atoms with Gasteiger partial charge in [-0.25, -0.2) is 13.4 Å².